The van der Waals surface area contributed by atoms with E-state index in [1.165, 1.54) is 0 Å². The van der Waals surface area contributed by atoms with Crippen LogP contribution in [0.25, 0.3) is 22.4 Å². The molecular weight excluding hydrogens is 600 g/mol. The van der Waals surface area contributed by atoms with Crippen LogP contribution in [0.5, 0.6) is 0 Å². The Labute approximate surface area is 260 Å². The fourth-order valence-electron chi connectivity index (χ4n) is 4.46. The number of hydrogen-bond acceptors (Lipinski definition) is 14. The van der Waals surface area contributed by atoms with E-state index in [0.717, 1.165) is 5.69 Å². The smallest absolute Gasteiger partial charge is 0.329 e. The molecule has 0 fully saturated rings. The third-order valence-electron chi connectivity index (χ3n) is 6.81. The summed E-state index contributed by atoms with van der Waals surface area (Å²) in [5, 5.41) is 27.6. The van der Waals surface area contributed by atoms with Gasteiger partial charge in [0.1, 0.15) is 6.04 Å². The van der Waals surface area contributed by atoms with Gasteiger partial charge in [-0.25, -0.2) is 14.8 Å². The van der Waals surface area contributed by atoms with Gasteiger partial charge in [-0.05, 0) is 35.6 Å². The van der Waals surface area contributed by atoms with E-state index in [9.17, 15) is 24.7 Å². The zero-order valence-corrected chi connectivity index (χ0v) is 24.4. The number of hydrogen-bond donors (Lipinski definition) is 4. The number of ether oxygens (including phenoxy) is 1. The maximum atomic E-state index is 13.1. The second-order valence-electron chi connectivity index (χ2n) is 10.1. The highest BCUT2D eigenvalue weighted by atomic mass is 16.8. The van der Waals surface area contributed by atoms with E-state index in [0.29, 0.717) is 23.3 Å². The predicted molar refractivity (Wildman–Crippen MR) is 161 cm³/mol. The average Bonchev–Trinajstić information content (AvgIpc) is 3.42. The largest absolute Gasteiger partial charge is 0.481 e. The number of esters is 1. The number of anilines is 3. The number of amides is 1. The Bertz CT molecular complexity index is 1880. The number of nitrogens with zero attached hydrogens (tertiary/aromatic N) is 7. The summed E-state index contributed by atoms with van der Waals surface area (Å²) in [6, 6.07) is 13.8. The first-order valence-corrected chi connectivity index (χ1v) is 13.8. The number of benzene rings is 2. The minimum Gasteiger partial charge on any atom is -0.481 e. The summed E-state index contributed by atoms with van der Waals surface area (Å²) in [5.41, 5.74) is 14.3. The first kappa shape index (κ1) is 31.0. The quantitative estimate of drug-likeness (QED) is 0.112. The number of nitrogens with two attached hydrogens (primary N) is 2. The Morgan fingerprint density at radius 2 is 1.83 bits per heavy atom. The van der Waals surface area contributed by atoms with Crippen LogP contribution in [0.4, 0.5) is 17.5 Å². The van der Waals surface area contributed by atoms with Crippen molar-refractivity contribution in [2.75, 3.05) is 23.4 Å². The summed E-state index contributed by atoms with van der Waals surface area (Å²) in [6.07, 6.45) is 0.879. The zero-order chi connectivity index (χ0) is 32.8. The lowest BCUT2D eigenvalue weighted by Crippen LogP contribution is -2.42. The van der Waals surface area contributed by atoms with Gasteiger partial charge in [0.15, 0.2) is 23.6 Å². The van der Waals surface area contributed by atoms with Crippen molar-refractivity contribution < 1.29 is 33.8 Å². The van der Waals surface area contributed by atoms with Gasteiger partial charge in [0, 0.05) is 35.4 Å². The first-order valence-electron chi connectivity index (χ1n) is 13.8. The number of nitrogen functional groups attached to an aromatic ring is 2. The summed E-state index contributed by atoms with van der Waals surface area (Å²) in [6.45, 7) is -0.186. The number of aromatic nitrogens is 6. The average molecular weight is 629 g/mol. The molecule has 0 saturated carbocycles. The van der Waals surface area contributed by atoms with Crippen molar-refractivity contribution in [2.45, 2.75) is 32.0 Å². The van der Waals surface area contributed by atoms with Crippen molar-refractivity contribution in [1.29, 1.82) is 0 Å². The zero-order valence-electron chi connectivity index (χ0n) is 24.4. The van der Waals surface area contributed by atoms with Gasteiger partial charge in [0.25, 0.3) is 11.6 Å². The number of nitrogens with one attached hydrogen (secondary N) is 1. The minimum atomic E-state index is -1.32. The summed E-state index contributed by atoms with van der Waals surface area (Å²) >= 11 is 0. The summed E-state index contributed by atoms with van der Waals surface area (Å²) in [7, 11) is 1.81. The second kappa shape index (κ2) is 13.5. The molecule has 6 N–H and O–H groups in total. The van der Waals surface area contributed by atoms with Gasteiger partial charge in [0.2, 0.25) is 11.6 Å². The van der Waals surface area contributed by atoms with Crippen LogP contribution in [0.2, 0.25) is 0 Å². The van der Waals surface area contributed by atoms with E-state index >= 15 is 0 Å². The number of rotatable bonds is 12. The number of carbonyl (C=O) groups excluding carboxylic acids is 2. The van der Waals surface area contributed by atoms with Crippen molar-refractivity contribution in [2.24, 2.45) is 0 Å². The van der Waals surface area contributed by atoms with Crippen LogP contribution in [0.1, 0.15) is 34.6 Å². The van der Waals surface area contributed by atoms with E-state index in [-0.39, 0.29) is 45.7 Å². The van der Waals surface area contributed by atoms with E-state index in [2.05, 4.69) is 35.0 Å². The predicted octanol–water partition coefficient (Wildman–Crippen LogP) is 1.22. The van der Waals surface area contributed by atoms with Gasteiger partial charge in [-0.3, -0.25) is 14.2 Å². The van der Waals surface area contributed by atoms with Crippen molar-refractivity contribution in [3.8, 4) is 11.3 Å². The van der Waals surface area contributed by atoms with Crippen molar-refractivity contribution in [3.63, 3.8) is 0 Å². The van der Waals surface area contributed by atoms with Crippen LogP contribution >= 0.6 is 0 Å². The molecule has 0 spiro atoms. The standard InChI is InChI=1S/C29H28N10O7/c1-38(14-18-13-32-26-24(33-18)25(30)35-29(31)36-26)19-9-7-17(8-10-19)27(42)34-20(11-12-22(40)41)28(43)45-15-21-23(37-46-39(21)44)16-5-3-2-4-6-16/h2-10,13,20H,11-12,14-15H2,1H3,(H,34,42)(H,40,41)(H4,30,31,32,35,36)/t20-/m0/s1. The van der Waals surface area contributed by atoms with Crippen LogP contribution in [-0.2, 0) is 27.5 Å². The van der Waals surface area contributed by atoms with Crippen molar-refractivity contribution in [3.05, 3.63) is 83.0 Å². The summed E-state index contributed by atoms with van der Waals surface area (Å²) in [4.78, 5) is 55.9. The molecular formula is C29H28N10O7. The van der Waals surface area contributed by atoms with Crippen LogP contribution in [0, 0.1) is 5.21 Å². The highest BCUT2D eigenvalue weighted by Crippen LogP contribution is 2.21. The Hall–Kier alpha value is -6.39. The number of fused-ring (bicyclic) bond motifs is 1. The summed E-state index contributed by atoms with van der Waals surface area (Å²) < 4.78 is 9.98. The molecule has 3 heterocycles. The first-order chi connectivity index (χ1) is 22.1. The van der Waals surface area contributed by atoms with E-state index in [1.54, 1.807) is 60.8 Å². The van der Waals surface area contributed by atoms with Gasteiger partial charge in [-0.2, -0.15) is 9.97 Å². The topological polar surface area (TPSA) is 253 Å². The number of carbonyl (C=O) groups is 3. The number of carboxylic acid groups (broad SMARTS) is 1. The Morgan fingerprint density at radius 1 is 1.09 bits per heavy atom. The molecule has 0 aliphatic carbocycles. The van der Waals surface area contributed by atoms with E-state index in [4.69, 9.17) is 16.2 Å². The highest BCUT2D eigenvalue weighted by Gasteiger charge is 2.27. The van der Waals surface area contributed by atoms with Gasteiger partial charge in [-0.15, -0.1) is 0 Å². The van der Waals surface area contributed by atoms with Crippen LogP contribution in [0.15, 0.2) is 65.4 Å². The third-order valence-corrected chi connectivity index (χ3v) is 6.81. The SMILES string of the molecule is CN(Cc1cnc2nc(N)nc(N)c2n1)c1ccc(C(=O)N[C@@H](CCC(=O)O)C(=O)OCc2c(-c3ccccc3)no[n+]2[O-])cc1. The van der Waals surface area contributed by atoms with Gasteiger partial charge in [0.05, 0.1) is 18.4 Å². The van der Waals surface area contributed by atoms with Crippen LogP contribution in [-0.4, -0.2) is 61.1 Å². The third kappa shape index (κ3) is 7.21. The molecule has 5 rings (SSSR count). The Kier molecular flexibility index (Phi) is 9.11. The molecule has 0 bridgehead atoms. The molecule has 3 aromatic heterocycles. The lowest BCUT2D eigenvalue weighted by atomic mass is 10.1. The molecule has 2 aromatic carbocycles. The van der Waals surface area contributed by atoms with Crippen LogP contribution < -0.4 is 26.6 Å². The lowest BCUT2D eigenvalue weighted by Gasteiger charge is -2.20. The molecule has 17 heteroatoms. The maximum Gasteiger partial charge on any atom is 0.329 e. The molecule has 46 heavy (non-hydrogen) atoms. The van der Waals surface area contributed by atoms with E-state index < -0.39 is 36.9 Å². The van der Waals surface area contributed by atoms with E-state index in [1.807, 2.05) is 11.9 Å². The Balaban J connectivity index is 1.23. The minimum absolute atomic E-state index is 0.000404. The van der Waals surface area contributed by atoms with Gasteiger partial charge in [-0.1, -0.05) is 30.3 Å². The second-order valence-corrected chi connectivity index (χ2v) is 10.1. The fourth-order valence-corrected chi connectivity index (χ4v) is 4.46. The molecule has 0 unspecified atom stereocenters. The van der Waals surface area contributed by atoms with Crippen molar-refractivity contribution in [1.82, 2.24) is 30.4 Å². The van der Waals surface area contributed by atoms with Gasteiger partial charge < -0.3 is 36.7 Å². The molecule has 0 saturated heterocycles. The molecule has 5 aromatic rings. The molecule has 1 atom stereocenters. The molecule has 0 aliphatic heterocycles. The van der Waals surface area contributed by atoms with Crippen molar-refractivity contribution >= 4 is 46.5 Å². The molecule has 0 aliphatic rings. The maximum absolute atomic E-state index is 13.1. The summed E-state index contributed by atoms with van der Waals surface area (Å²) in [5.74, 6) is -2.62. The molecule has 17 nitrogen and oxygen atoms in total. The normalized spacial score (nSPS) is 11.6. The number of carboxylic acids is 1. The lowest BCUT2D eigenvalue weighted by molar-refractivity contribution is -0.808. The number of aliphatic carboxylic acids is 1. The monoisotopic (exact) mass is 628 g/mol. The molecule has 0 radical (unpaired) electrons. The highest BCUT2D eigenvalue weighted by molar-refractivity contribution is 5.97. The molecule has 1 amide bonds. The van der Waals surface area contributed by atoms with Gasteiger partial charge >= 0.3 is 11.9 Å². The van der Waals surface area contributed by atoms with Crippen LogP contribution in [0.3, 0.4) is 0 Å². The fraction of sp³-hybridized carbons (Fsp3) is 0.207. The Morgan fingerprint density at radius 3 is 2.54 bits per heavy atom. The molecule has 236 valence electrons.